The Labute approximate surface area is 128 Å². The lowest BCUT2D eigenvalue weighted by molar-refractivity contribution is 0.0793. The van der Waals surface area contributed by atoms with Crippen LogP contribution in [0.25, 0.3) is 0 Å². The second-order valence-electron chi connectivity index (χ2n) is 4.69. The van der Waals surface area contributed by atoms with Crippen LogP contribution in [0.15, 0.2) is 27.1 Å². The third-order valence-electron chi connectivity index (χ3n) is 3.34. The minimum absolute atomic E-state index is 0.0463. The molecule has 1 N–H and O–H groups in total. The van der Waals surface area contributed by atoms with E-state index in [1.54, 1.807) is 18.2 Å². The number of hydrogen-bond acceptors (Lipinski definition) is 4. The van der Waals surface area contributed by atoms with Gasteiger partial charge in [-0.15, -0.1) is 0 Å². The number of nitrogens with zero attached hydrogens (tertiary/aromatic N) is 1. The highest BCUT2D eigenvalue weighted by atomic mass is 79.9. The Morgan fingerprint density at radius 2 is 2.05 bits per heavy atom. The van der Waals surface area contributed by atoms with E-state index in [-0.39, 0.29) is 17.9 Å². The average Bonchev–Trinajstić information content (AvgIpc) is 2.69. The van der Waals surface area contributed by atoms with Gasteiger partial charge in [-0.2, -0.15) is 5.26 Å². The fourth-order valence-electron chi connectivity index (χ4n) is 2.24. The molecule has 1 aliphatic rings. The molecule has 0 amide bonds. The van der Waals surface area contributed by atoms with Crippen molar-refractivity contribution in [3.63, 3.8) is 0 Å². The van der Waals surface area contributed by atoms with Gasteiger partial charge >= 0.3 is 0 Å². The molecule has 2 rings (SSSR count). The zero-order valence-corrected chi connectivity index (χ0v) is 13.8. The summed E-state index contributed by atoms with van der Waals surface area (Å²) >= 11 is 6.65. The normalized spacial score (nSPS) is 26.8. The van der Waals surface area contributed by atoms with Crippen molar-refractivity contribution in [3.8, 4) is 6.07 Å². The van der Waals surface area contributed by atoms with E-state index in [1.165, 1.54) is 0 Å². The van der Waals surface area contributed by atoms with Crippen molar-refractivity contribution in [2.45, 2.75) is 12.5 Å². The third kappa shape index (κ3) is 2.87. The van der Waals surface area contributed by atoms with Crippen molar-refractivity contribution >= 4 is 41.7 Å². The van der Waals surface area contributed by atoms with E-state index in [0.717, 1.165) is 8.95 Å². The highest BCUT2D eigenvalue weighted by Gasteiger charge is 2.48. The van der Waals surface area contributed by atoms with E-state index in [4.69, 9.17) is 0 Å². The van der Waals surface area contributed by atoms with Gasteiger partial charge < -0.3 is 5.11 Å². The summed E-state index contributed by atoms with van der Waals surface area (Å²) in [5.74, 6) is -0.333. The summed E-state index contributed by atoms with van der Waals surface area (Å²) in [7, 11) is -3.24. The highest BCUT2D eigenvalue weighted by Crippen LogP contribution is 2.43. The molecular weight excluding hydrogens is 398 g/mol. The van der Waals surface area contributed by atoms with Crippen molar-refractivity contribution in [1.29, 1.82) is 5.26 Å². The van der Waals surface area contributed by atoms with Crippen molar-refractivity contribution in [2.75, 3.05) is 11.5 Å². The fourth-order valence-corrected chi connectivity index (χ4v) is 4.86. The second-order valence-corrected chi connectivity index (χ2v) is 8.58. The van der Waals surface area contributed by atoms with Gasteiger partial charge in [0.2, 0.25) is 0 Å². The lowest BCUT2D eigenvalue weighted by atomic mass is 9.80. The number of halogens is 2. The maximum atomic E-state index is 11.6. The summed E-state index contributed by atoms with van der Waals surface area (Å²) in [5.41, 5.74) is -0.708. The highest BCUT2D eigenvalue weighted by molar-refractivity contribution is 9.13. The van der Waals surface area contributed by atoms with Crippen molar-refractivity contribution in [1.82, 2.24) is 0 Å². The van der Waals surface area contributed by atoms with Gasteiger partial charge in [0.15, 0.2) is 9.84 Å². The van der Waals surface area contributed by atoms with E-state index in [0.29, 0.717) is 5.56 Å². The summed E-state index contributed by atoms with van der Waals surface area (Å²) in [6, 6.07) is 7.13. The number of benzene rings is 1. The molecule has 0 aromatic heterocycles. The molecule has 7 heteroatoms. The maximum Gasteiger partial charge on any atom is 0.152 e. The minimum atomic E-state index is -3.24. The van der Waals surface area contributed by atoms with Crippen LogP contribution < -0.4 is 0 Å². The Hall–Kier alpha value is -0.420. The van der Waals surface area contributed by atoms with Gasteiger partial charge in [0.25, 0.3) is 0 Å². The lowest BCUT2D eigenvalue weighted by Crippen LogP contribution is -2.28. The van der Waals surface area contributed by atoms with Crippen LogP contribution in [0.2, 0.25) is 0 Å². The number of sulfone groups is 1. The molecule has 2 atom stereocenters. The maximum absolute atomic E-state index is 11.6. The fraction of sp³-hybridized carbons (Fsp3) is 0.417. The number of hydrogen-bond donors (Lipinski definition) is 1. The molecule has 102 valence electrons. The van der Waals surface area contributed by atoms with Crippen LogP contribution in [0.5, 0.6) is 0 Å². The van der Waals surface area contributed by atoms with E-state index in [1.807, 2.05) is 6.07 Å². The molecule has 2 unspecified atom stereocenters. The summed E-state index contributed by atoms with van der Waals surface area (Å²) < 4.78 is 24.7. The molecule has 0 saturated carbocycles. The third-order valence-corrected chi connectivity index (χ3v) is 7.00. The Morgan fingerprint density at radius 1 is 1.37 bits per heavy atom. The van der Waals surface area contributed by atoms with Crippen molar-refractivity contribution < 1.29 is 13.5 Å². The summed E-state index contributed by atoms with van der Waals surface area (Å²) in [4.78, 5) is 0. The van der Waals surface area contributed by atoms with Gasteiger partial charge in [0, 0.05) is 8.95 Å². The monoisotopic (exact) mass is 407 g/mol. The molecule has 0 radical (unpaired) electrons. The standard InChI is InChI=1S/C12H11Br2NO3S/c13-9-2-1-8(5-10(9)14)11(16)12(6-15)3-4-19(17,18)7-12/h1-2,5,11,16H,3-4,7H2. The van der Waals surface area contributed by atoms with Crippen LogP contribution in [0, 0.1) is 16.7 Å². The van der Waals surface area contributed by atoms with Crippen molar-refractivity contribution in [3.05, 3.63) is 32.7 Å². The van der Waals surface area contributed by atoms with Gasteiger partial charge in [-0.25, -0.2) is 8.42 Å². The van der Waals surface area contributed by atoms with Gasteiger partial charge in [-0.3, -0.25) is 0 Å². The van der Waals surface area contributed by atoms with Crippen LogP contribution in [-0.2, 0) is 9.84 Å². The van der Waals surface area contributed by atoms with Gasteiger partial charge in [-0.1, -0.05) is 6.07 Å². The molecule has 1 heterocycles. The van der Waals surface area contributed by atoms with Gasteiger partial charge in [0.05, 0.1) is 23.7 Å². The summed E-state index contributed by atoms with van der Waals surface area (Å²) in [6.45, 7) is 0. The van der Waals surface area contributed by atoms with Crippen LogP contribution in [-0.4, -0.2) is 25.0 Å². The Kier molecular flexibility index (Phi) is 4.07. The lowest BCUT2D eigenvalue weighted by Gasteiger charge is -2.26. The summed E-state index contributed by atoms with van der Waals surface area (Å²) in [5, 5.41) is 19.7. The van der Waals surface area contributed by atoms with Crippen LogP contribution >= 0.6 is 31.9 Å². The first-order valence-electron chi connectivity index (χ1n) is 5.54. The first-order valence-corrected chi connectivity index (χ1v) is 8.95. The quantitative estimate of drug-likeness (QED) is 0.815. The zero-order valence-electron chi connectivity index (χ0n) is 9.81. The molecule has 0 bridgehead atoms. The molecule has 1 aromatic carbocycles. The number of aliphatic hydroxyl groups is 1. The van der Waals surface area contributed by atoms with Crippen LogP contribution in [0.3, 0.4) is 0 Å². The van der Waals surface area contributed by atoms with E-state index in [9.17, 15) is 18.8 Å². The van der Waals surface area contributed by atoms with Crippen LogP contribution in [0.4, 0.5) is 0 Å². The smallest absolute Gasteiger partial charge is 0.152 e. The summed E-state index contributed by atoms with van der Waals surface area (Å²) in [6.07, 6.45) is -0.945. The molecule has 0 aliphatic carbocycles. The van der Waals surface area contributed by atoms with Crippen molar-refractivity contribution in [2.24, 2.45) is 5.41 Å². The van der Waals surface area contributed by atoms with Gasteiger partial charge in [0.1, 0.15) is 5.41 Å². The minimum Gasteiger partial charge on any atom is -0.387 e. The average molecular weight is 409 g/mol. The number of rotatable bonds is 2. The SMILES string of the molecule is N#CC1(C(O)c2ccc(Br)c(Br)c2)CCS(=O)(=O)C1. The predicted octanol–water partition coefficient (Wildman–Crippen LogP) is 2.57. The first kappa shape index (κ1) is 15.0. The topological polar surface area (TPSA) is 78.2 Å². The molecule has 1 saturated heterocycles. The van der Waals surface area contributed by atoms with E-state index in [2.05, 4.69) is 31.9 Å². The Balaban J connectivity index is 2.40. The molecule has 0 spiro atoms. The molecule has 1 aromatic rings. The Bertz CT molecular complexity index is 653. The molecule has 4 nitrogen and oxygen atoms in total. The molecule has 19 heavy (non-hydrogen) atoms. The van der Waals surface area contributed by atoms with Gasteiger partial charge in [-0.05, 0) is 56.0 Å². The number of nitriles is 1. The first-order chi connectivity index (χ1) is 8.80. The second kappa shape index (κ2) is 5.17. The van der Waals surface area contributed by atoms with Crippen LogP contribution in [0.1, 0.15) is 18.1 Å². The molecule has 1 fully saturated rings. The molecule has 1 aliphatic heterocycles. The predicted molar refractivity (Wildman–Crippen MR) is 78.1 cm³/mol. The molecular formula is C12H11Br2NO3S. The van der Waals surface area contributed by atoms with E-state index >= 15 is 0 Å². The zero-order chi connectivity index (χ0) is 14.3. The Morgan fingerprint density at radius 3 is 2.53 bits per heavy atom. The largest absolute Gasteiger partial charge is 0.387 e. The number of aliphatic hydroxyl groups excluding tert-OH is 1. The van der Waals surface area contributed by atoms with E-state index < -0.39 is 21.4 Å².